The van der Waals surface area contributed by atoms with E-state index in [1.807, 2.05) is 39.1 Å². The quantitative estimate of drug-likeness (QED) is 0.832. The molecule has 116 valence electrons. The number of hydrogen-bond acceptors (Lipinski definition) is 2. The molecule has 3 heteroatoms. The molecule has 2 aromatic carbocycles. The lowest BCUT2D eigenvalue weighted by atomic mass is 9.90. The fraction of sp³-hybridized carbons (Fsp3) is 0.263. The number of hydrogen-bond donors (Lipinski definition) is 1. The predicted octanol–water partition coefficient (Wildman–Crippen LogP) is 5.11. The van der Waals surface area contributed by atoms with Crippen molar-refractivity contribution in [2.24, 2.45) is 0 Å². The molecule has 1 aliphatic heterocycles. The molecule has 3 rings (SSSR count). The van der Waals surface area contributed by atoms with Gasteiger partial charge in [0.05, 0.1) is 0 Å². The average Bonchev–Trinajstić information content (AvgIpc) is 2.45. The van der Waals surface area contributed by atoms with Gasteiger partial charge in [0.2, 0.25) is 0 Å². The zero-order valence-electron chi connectivity index (χ0n) is 12.4. The first-order chi connectivity index (χ1) is 9.98. The number of ether oxygens (including phenoxy) is 1. The highest BCUT2D eigenvalue weighted by Gasteiger charge is 2.27. The summed E-state index contributed by atoms with van der Waals surface area (Å²) >= 11 is 0. The monoisotopic (exact) mass is 299 g/mol. The molecule has 1 aliphatic rings. The van der Waals surface area contributed by atoms with Crippen molar-refractivity contribution in [3.63, 3.8) is 0 Å². The molecule has 0 saturated heterocycles. The van der Waals surface area contributed by atoms with Crippen LogP contribution in [0.4, 0.5) is 10.1 Å². The molecule has 0 saturated carbocycles. The maximum absolute atomic E-state index is 13.1. The minimum absolute atomic E-state index is 0. The maximum atomic E-state index is 13.1. The fourth-order valence-electron chi connectivity index (χ4n) is 2.59. The molecular weight excluding hydrogens is 277 g/mol. The van der Waals surface area contributed by atoms with Crippen molar-refractivity contribution in [1.29, 1.82) is 0 Å². The average molecular weight is 299 g/mol. The van der Waals surface area contributed by atoms with E-state index in [2.05, 4.69) is 11.4 Å². The minimum Gasteiger partial charge on any atom is -0.483 e. The van der Waals surface area contributed by atoms with Crippen molar-refractivity contribution in [2.75, 3.05) is 12.4 Å². The third-order valence-corrected chi connectivity index (χ3v) is 3.58. The van der Waals surface area contributed by atoms with Crippen molar-refractivity contribution >= 4 is 11.3 Å². The van der Waals surface area contributed by atoms with Crippen molar-refractivity contribution in [2.45, 2.75) is 26.9 Å². The van der Waals surface area contributed by atoms with Crippen LogP contribution < -0.4 is 10.1 Å². The molecule has 0 unspecified atom stereocenters. The summed E-state index contributed by atoms with van der Waals surface area (Å²) in [6.07, 6.45) is 2.08. The summed E-state index contributed by atoms with van der Waals surface area (Å²) in [5, 5.41) is 3.12. The Morgan fingerprint density at radius 1 is 1.05 bits per heavy atom. The van der Waals surface area contributed by atoms with Gasteiger partial charge in [0.1, 0.15) is 17.2 Å². The number of benzene rings is 2. The first-order valence-corrected chi connectivity index (χ1v) is 6.98. The third-order valence-electron chi connectivity index (χ3n) is 3.58. The van der Waals surface area contributed by atoms with E-state index in [0.29, 0.717) is 0 Å². The second-order valence-corrected chi connectivity index (χ2v) is 5.73. The maximum Gasteiger partial charge on any atom is 0.130 e. The highest BCUT2D eigenvalue weighted by atomic mass is 19.1. The summed E-state index contributed by atoms with van der Waals surface area (Å²) in [5.74, 6) is 0.616. The Hall–Kier alpha value is -2.29. The zero-order valence-corrected chi connectivity index (χ0v) is 12.4. The smallest absolute Gasteiger partial charge is 0.130 e. The van der Waals surface area contributed by atoms with Crippen LogP contribution >= 0.6 is 0 Å². The molecule has 0 spiro atoms. The summed E-state index contributed by atoms with van der Waals surface area (Å²) in [7, 11) is 1.88. The lowest BCUT2D eigenvalue weighted by Gasteiger charge is -2.31. The molecule has 0 fully saturated rings. The van der Waals surface area contributed by atoms with E-state index < -0.39 is 5.60 Å². The Labute approximate surface area is 131 Å². The number of fused-ring (bicyclic) bond motifs is 1. The molecule has 22 heavy (non-hydrogen) atoms. The van der Waals surface area contributed by atoms with Gasteiger partial charge in [0, 0.05) is 24.4 Å². The van der Waals surface area contributed by atoms with Crippen molar-refractivity contribution in [3.05, 3.63) is 65.5 Å². The van der Waals surface area contributed by atoms with Crippen LogP contribution in [0.25, 0.3) is 5.57 Å². The van der Waals surface area contributed by atoms with Crippen molar-refractivity contribution in [3.8, 4) is 5.75 Å². The SMILES string of the molecule is C.CNc1ccc2c(c1)OC(C)(C)C=C2c1ccc(F)cc1. The first-order valence-electron chi connectivity index (χ1n) is 6.98. The Morgan fingerprint density at radius 3 is 2.36 bits per heavy atom. The van der Waals surface area contributed by atoms with Crippen LogP contribution in [0.2, 0.25) is 0 Å². The van der Waals surface area contributed by atoms with Crippen LogP contribution in [0, 0.1) is 5.82 Å². The Bertz CT molecular complexity index is 702. The molecule has 1 heterocycles. The van der Waals surface area contributed by atoms with E-state index in [1.54, 1.807) is 12.1 Å². The topological polar surface area (TPSA) is 21.3 Å². The van der Waals surface area contributed by atoms with Crippen molar-refractivity contribution < 1.29 is 9.13 Å². The number of halogens is 1. The van der Waals surface area contributed by atoms with Gasteiger partial charge in [-0.05, 0) is 55.3 Å². The van der Waals surface area contributed by atoms with Crippen molar-refractivity contribution in [1.82, 2.24) is 0 Å². The molecule has 0 amide bonds. The van der Waals surface area contributed by atoms with Crippen LogP contribution in [-0.2, 0) is 0 Å². The molecule has 0 atom stereocenters. The standard InChI is InChI=1S/C18H18FNO.CH4/c1-18(2)11-16(12-4-6-13(19)7-5-12)15-9-8-14(20-3)10-17(15)21-18;/h4-11,20H,1-3H3;1H4. The summed E-state index contributed by atoms with van der Waals surface area (Å²) < 4.78 is 19.2. The molecule has 1 N–H and O–H groups in total. The second kappa shape index (κ2) is 5.84. The van der Waals surface area contributed by atoms with Gasteiger partial charge in [-0.15, -0.1) is 0 Å². The molecule has 0 bridgehead atoms. The van der Waals surface area contributed by atoms with E-state index in [9.17, 15) is 4.39 Å². The van der Waals surface area contributed by atoms with Gasteiger partial charge < -0.3 is 10.1 Å². The largest absolute Gasteiger partial charge is 0.483 e. The highest BCUT2D eigenvalue weighted by Crippen LogP contribution is 2.40. The van der Waals surface area contributed by atoms with Gasteiger partial charge in [0.25, 0.3) is 0 Å². The molecular formula is C19H22FNO. The molecule has 2 aromatic rings. The van der Waals surface area contributed by atoms with E-state index >= 15 is 0 Å². The van der Waals surface area contributed by atoms with Gasteiger partial charge in [-0.2, -0.15) is 0 Å². The molecule has 0 aliphatic carbocycles. The number of anilines is 1. The van der Waals surface area contributed by atoms with E-state index in [-0.39, 0.29) is 13.2 Å². The van der Waals surface area contributed by atoms with Gasteiger partial charge >= 0.3 is 0 Å². The van der Waals surface area contributed by atoms with E-state index in [0.717, 1.165) is 28.1 Å². The highest BCUT2D eigenvalue weighted by molar-refractivity contribution is 5.85. The van der Waals surface area contributed by atoms with Crippen LogP contribution in [0.1, 0.15) is 32.4 Å². The summed E-state index contributed by atoms with van der Waals surface area (Å²) in [4.78, 5) is 0. The molecule has 0 radical (unpaired) electrons. The van der Waals surface area contributed by atoms with Gasteiger partial charge in [0.15, 0.2) is 0 Å². The third kappa shape index (κ3) is 2.98. The van der Waals surface area contributed by atoms with Crippen LogP contribution in [0.15, 0.2) is 48.5 Å². The number of nitrogens with one attached hydrogen (secondary N) is 1. The van der Waals surface area contributed by atoms with Crippen LogP contribution in [0.3, 0.4) is 0 Å². The Morgan fingerprint density at radius 2 is 1.73 bits per heavy atom. The number of rotatable bonds is 2. The van der Waals surface area contributed by atoms with E-state index in [1.165, 1.54) is 12.1 Å². The van der Waals surface area contributed by atoms with Gasteiger partial charge in [-0.1, -0.05) is 19.6 Å². The molecule has 2 nitrogen and oxygen atoms in total. The second-order valence-electron chi connectivity index (χ2n) is 5.73. The van der Waals surface area contributed by atoms with E-state index in [4.69, 9.17) is 4.74 Å². The normalized spacial score (nSPS) is 15.0. The summed E-state index contributed by atoms with van der Waals surface area (Å²) in [6.45, 7) is 4.04. The van der Waals surface area contributed by atoms with Gasteiger partial charge in [-0.25, -0.2) is 4.39 Å². The minimum atomic E-state index is -0.400. The summed E-state index contributed by atoms with van der Waals surface area (Å²) in [6, 6.07) is 12.6. The Kier molecular flexibility index (Phi) is 4.27. The summed E-state index contributed by atoms with van der Waals surface area (Å²) in [5.41, 5.74) is 3.70. The lowest BCUT2D eigenvalue weighted by Crippen LogP contribution is -2.29. The molecule has 0 aromatic heterocycles. The Balaban J connectivity index is 0.00000176. The van der Waals surface area contributed by atoms with Crippen LogP contribution in [0.5, 0.6) is 5.75 Å². The first kappa shape index (κ1) is 16.1. The van der Waals surface area contributed by atoms with Crippen LogP contribution in [-0.4, -0.2) is 12.6 Å². The predicted molar refractivity (Wildman–Crippen MR) is 90.9 cm³/mol. The van der Waals surface area contributed by atoms with Gasteiger partial charge in [-0.3, -0.25) is 0 Å². The zero-order chi connectivity index (χ0) is 15.0. The fourth-order valence-corrected chi connectivity index (χ4v) is 2.59. The lowest BCUT2D eigenvalue weighted by molar-refractivity contribution is 0.158.